The fourth-order valence-corrected chi connectivity index (χ4v) is 3.56. The Morgan fingerprint density at radius 3 is 2.43 bits per heavy atom. The highest BCUT2D eigenvalue weighted by Crippen LogP contribution is 2.23. The zero-order valence-corrected chi connectivity index (χ0v) is 16.0. The Balaban J connectivity index is 2.30. The molecule has 1 aromatic heterocycles. The van der Waals surface area contributed by atoms with E-state index in [9.17, 15) is 23.3 Å². The van der Waals surface area contributed by atoms with E-state index >= 15 is 0 Å². The minimum atomic E-state index is -4.07. The summed E-state index contributed by atoms with van der Waals surface area (Å²) in [7, 11) is -2.63. The van der Waals surface area contributed by atoms with Crippen molar-refractivity contribution in [1.82, 2.24) is 9.71 Å². The Morgan fingerprint density at radius 1 is 1.25 bits per heavy atom. The van der Waals surface area contributed by atoms with Gasteiger partial charge in [-0.05, 0) is 24.6 Å². The molecular formula is C17H19N3O7S. The van der Waals surface area contributed by atoms with Crippen molar-refractivity contribution in [2.45, 2.75) is 24.3 Å². The molecule has 0 amide bonds. The lowest BCUT2D eigenvalue weighted by Gasteiger charge is -2.18. The quantitative estimate of drug-likeness (QED) is 0.377. The second-order valence-electron chi connectivity index (χ2n) is 5.57. The van der Waals surface area contributed by atoms with Gasteiger partial charge in [0.1, 0.15) is 0 Å². The Morgan fingerprint density at radius 2 is 1.93 bits per heavy atom. The molecule has 0 saturated heterocycles. The Bertz CT molecular complexity index is 928. The van der Waals surface area contributed by atoms with Gasteiger partial charge in [-0.2, -0.15) is 0 Å². The molecule has 0 aliphatic heterocycles. The molecule has 0 aliphatic carbocycles. The molecule has 0 aliphatic rings. The molecule has 10 nitrogen and oxygen atoms in total. The maximum absolute atomic E-state index is 12.7. The number of nitrogens with one attached hydrogen (secondary N) is 1. The van der Waals surface area contributed by atoms with Gasteiger partial charge in [-0.3, -0.25) is 14.9 Å². The summed E-state index contributed by atoms with van der Waals surface area (Å²) < 4.78 is 37.7. The average Bonchev–Trinajstić information content (AvgIpc) is 2.67. The first-order chi connectivity index (χ1) is 13.3. The van der Waals surface area contributed by atoms with Crippen LogP contribution in [-0.2, 0) is 19.6 Å². The summed E-state index contributed by atoms with van der Waals surface area (Å²) in [6.07, 6.45) is 1.13. The summed E-state index contributed by atoms with van der Waals surface area (Å²) in [4.78, 5) is 25.9. The van der Waals surface area contributed by atoms with Crippen LogP contribution in [0.25, 0.3) is 0 Å². The predicted octanol–water partition coefficient (Wildman–Crippen LogP) is 1.97. The highest BCUT2D eigenvalue weighted by molar-refractivity contribution is 7.89. The van der Waals surface area contributed by atoms with Gasteiger partial charge in [-0.15, -0.1) is 0 Å². The van der Waals surface area contributed by atoms with Crippen LogP contribution in [0.2, 0.25) is 0 Å². The van der Waals surface area contributed by atoms with Gasteiger partial charge in [0.15, 0.2) is 0 Å². The topological polar surface area (TPSA) is 138 Å². The number of hydrogen-bond donors (Lipinski definition) is 1. The van der Waals surface area contributed by atoms with E-state index in [1.165, 1.54) is 19.4 Å². The normalized spacial score (nSPS) is 12.2. The van der Waals surface area contributed by atoms with Gasteiger partial charge in [0.05, 0.1) is 36.0 Å². The largest absolute Gasteiger partial charge is 0.481 e. The summed E-state index contributed by atoms with van der Waals surface area (Å²) in [6.45, 7) is 1.80. The van der Waals surface area contributed by atoms with Crippen molar-refractivity contribution in [3.05, 3.63) is 58.3 Å². The number of sulfonamides is 1. The van der Waals surface area contributed by atoms with E-state index in [4.69, 9.17) is 9.47 Å². The SMILES string of the molecule is CCOC(=O)CC(NS(=O)(=O)c1ccc([N+](=O)[O-])cc1)c1ccc(OC)nc1. The first kappa shape index (κ1) is 21.3. The fourth-order valence-electron chi connectivity index (χ4n) is 2.34. The summed E-state index contributed by atoms with van der Waals surface area (Å²) in [6, 6.07) is 6.58. The number of methoxy groups -OCH3 is 1. The number of carbonyl (C=O) groups is 1. The van der Waals surface area contributed by atoms with Crippen LogP contribution in [0.15, 0.2) is 47.5 Å². The number of hydrogen-bond acceptors (Lipinski definition) is 8. The minimum Gasteiger partial charge on any atom is -0.481 e. The number of nitro groups is 1. The van der Waals surface area contributed by atoms with Crippen molar-refractivity contribution in [2.75, 3.05) is 13.7 Å². The molecule has 11 heteroatoms. The maximum Gasteiger partial charge on any atom is 0.307 e. The second kappa shape index (κ2) is 9.24. The maximum atomic E-state index is 12.7. The molecule has 0 spiro atoms. The average molecular weight is 409 g/mol. The standard InChI is InChI=1S/C17H19N3O7S/c1-3-27-17(21)10-15(12-4-9-16(26-2)18-11-12)19-28(24,25)14-7-5-13(6-8-14)20(22)23/h4-9,11,15,19H,3,10H2,1-2H3. The number of benzene rings is 1. The Labute approximate surface area is 161 Å². The molecule has 0 radical (unpaired) electrons. The van der Waals surface area contributed by atoms with Gasteiger partial charge in [0.2, 0.25) is 15.9 Å². The first-order valence-electron chi connectivity index (χ1n) is 8.19. The van der Waals surface area contributed by atoms with Crippen LogP contribution in [0.1, 0.15) is 24.9 Å². The molecule has 2 rings (SSSR count). The first-order valence-corrected chi connectivity index (χ1v) is 9.67. The summed E-state index contributed by atoms with van der Waals surface area (Å²) in [5.74, 6) is -0.258. The second-order valence-corrected chi connectivity index (χ2v) is 7.28. The van der Waals surface area contributed by atoms with Crippen molar-refractivity contribution in [3.8, 4) is 5.88 Å². The number of pyridine rings is 1. The van der Waals surface area contributed by atoms with Crippen LogP contribution in [0, 0.1) is 10.1 Å². The van der Waals surface area contributed by atoms with Gasteiger partial charge in [-0.1, -0.05) is 6.07 Å². The van der Waals surface area contributed by atoms with Crippen LogP contribution in [0.3, 0.4) is 0 Å². The van der Waals surface area contributed by atoms with E-state index in [1.54, 1.807) is 13.0 Å². The molecule has 1 heterocycles. The lowest BCUT2D eigenvalue weighted by Crippen LogP contribution is -2.31. The molecule has 28 heavy (non-hydrogen) atoms. The summed E-state index contributed by atoms with van der Waals surface area (Å²) in [5, 5.41) is 10.7. The molecule has 0 fully saturated rings. The molecule has 1 unspecified atom stereocenters. The molecule has 150 valence electrons. The fraction of sp³-hybridized carbons (Fsp3) is 0.294. The van der Waals surface area contributed by atoms with Crippen molar-refractivity contribution >= 4 is 21.7 Å². The van der Waals surface area contributed by atoms with E-state index in [0.29, 0.717) is 11.4 Å². The molecule has 0 bridgehead atoms. The number of ether oxygens (including phenoxy) is 2. The van der Waals surface area contributed by atoms with Gasteiger partial charge >= 0.3 is 5.97 Å². The smallest absolute Gasteiger partial charge is 0.307 e. The van der Waals surface area contributed by atoms with E-state index in [1.807, 2.05) is 0 Å². The number of carbonyl (C=O) groups excluding carboxylic acids is 1. The van der Waals surface area contributed by atoms with Crippen LogP contribution in [-0.4, -0.2) is 38.0 Å². The minimum absolute atomic E-state index is 0.154. The third-order valence-corrected chi connectivity index (χ3v) is 5.19. The number of non-ortho nitro benzene ring substituents is 1. The van der Waals surface area contributed by atoms with Crippen molar-refractivity contribution < 1.29 is 27.6 Å². The van der Waals surface area contributed by atoms with Gasteiger partial charge < -0.3 is 9.47 Å². The number of nitro benzene ring substituents is 1. The molecule has 0 saturated carbocycles. The third-order valence-electron chi connectivity index (χ3n) is 3.70. The Kier molecular flexibility index (Phi) is 7.01. The zero-order valence-electron chi connectivity index (χ0n) is 15.2. The van der Waals surface area contributed by atoms with E-state index < -0.39 is 27.0 Å². The number of rotatable bonds is 9. The van der Waals surface area contributed by atoms with Gasteiger partial charge in [-0.25, -0.2) is 18.1 Å². The van der Waals surface area contributed by atoms with Crippen molar-refractivity contribution in [2.24, 2.45) is 0 Å². The number of aromatic nitrogens is 1. The van der Waals surface area contributed by atoms with Crippen LogP contribution >= 0.6 is 0 Å². The molecule has 1 N–H and O–H groups in total. The van der Waals surface area contributed by atoms with Gasteiger partial charge in [0, 0.05) is 24.4 Å². The monoisotopic (exact) mass is 409 g/mol. The summed E-state index contributed by atoms with van der Waals surface area (Å²) in [5.41, 5.74) is 0.195. The molecular weight excluding hydrogens is 390 g/mol. The number of nitrogens with zero attached hydrogens (tertiary/aromatic N) is 2. The zero-order chi connectivity index (χ0) is 20.7. The van der Waals surface area contributed by atoms with Crippen LogP contribution < -0.4 is 9.46 Å². The van der Waals surface area contributed by atoms with Gasteiger partial charge in [0.25, 0.3) is 5.69 Å². The van der Waals surface area contributed by atoms with E-state index in [-0.39, 0.29) is 23.6 Å². The Hall–Kier alpha value is -3.05. The predicted molar refractivity (Wildman–Crippen MR) is 98.2 cm³/mol. The lowest BCUT2D eigenvalue weighted by molar-refractivity contribution is -0.384. The van der Waals surface area contributed by atoms with Crippen molar-refractivity contribution in [3.63, 3.8) is 0 Å². The van der Waals surface area contributed by atoms with Crippen LogP contribution in [0.4, 0.5) is 5.69 Å². The van der Waals surface area contributed by atoms with Crippen molar-refractivity contribution in [1.29, 1.82) is 0 Å². The third kappa shape index (κ3) is 5.47. The van der Waals surface area contributed by atoms with Crippen LogP contribution in [0.5, 0.6) is 5.88 Å². The molecule has 1 atom stereocenters. The molecule has 2 aromatic rings. The molecule has 1 aromatic carbocycles. The summed E-state index contributed by atoms with van der Waals surface area (Å²) >= 11 is 0. The highest BCUT2D eigenvalue weighted by Gasteiger charge is 2.25. The van der Waals surface area contributed by atoms with E-state index in [2.05, 4.69) is 9.71 Å². The van der Waals surface area contributed by atoms with E-state index in [0.717, 1.165) is 24.3 Å². The number of esters is 1. The lowest BCUT2D eigenvalue weighted by atomic mass is 10.1. The highest BCUT2D eigenvalue weighted by atomic mass is 32.2.